The quantitative estimate of drug-likeness (QED) is 0.553. The fraction of sp³-hybridized carbons (Fsp3) is 0.118. The van der Waals surface area contributed by atoms with Crippen LogP contribution in [-0.2, 0) is 7.05 Å². The van der Waals surface area contributed by atoms with E-state index in [1.54, 1.807) is 0 Å². The molecule has 23 heavy (non-hydrogen) atoms. The summed E-state index contributed by atoms with van der Waals surface area (Å²) in [6, 6.07) is 13.3. The van der Waals surface area contributed by atoms with Gasteiger partial charge in [0, 0.05) is 23.2 Å². The SMILES string of the molecule is Cc1nc2cc(-c3nc(-c4cccc(Cl)c4)no3)ccc2n1C. The van der Waals surface area contributed by atoms with Crippen LogP contribution in [-0.4, -0.2) is 19.7 Å². The predicted octanol–water partition coefficient (Wildman–Crippen LogP) is 4.25. The molecule has 0 amide bonds. The van der Waals surface area contributed by atoms with Crippen LogP contribution in [0, 0.1) is 6.92 Å². The summed E-state index contributed by atoms with van der Waals surface area (Å²) in [4.78, 5) is 8.99. The van der Waals surface area contributed by atoms with Crippen LogP contribution in [0.3, 0.4) is 0 Å². The number of nitrogens with zero attached hydrogens (tertiary/aromatic N) is 4. The minimum Gasteiger partial charge on any atom is -0.334 e. The summed E-state index contributed by atoms with van der Waals surface area (Å²) in [6.07, 6.45) is 0. The third kappa shape index (κ3) is 2.39. The number of aryl methyl sites for hydroxylation is 2. The summed E-state index contributed by atoms with van der Waals surface area (Å²) >= 11 is 6.00. The molecule has 0 saturated carbocycles. The topological polar surface area (TPSA) is 56.7 Å². The number of aromatic nitrogens is 4. The first-order chi connectivity index (χ1) is 11.1. The monoisotopic (exact) mass is 324 g/mol. The van der Waals surface area contributed by atoms with Crippen LogP contribution in [0.1, 0.15) is 5.82 Å². The van der Waals surface area contributed by atoms with Gasteiger partial charge in [-0.1, -0.05) is 28.9 Å². The lowest BCUT2D eigenvalue weighted by molar-refractivity contribution is 0.432. The third-order valence-electron chi connectivity index (χ3n) is 3.86. The molecule has 0 aliphatic carbocycles. The molecule has 114 valence electrons. The van der Waals surface area contributed by atoms with Gasteiger partial charge >= 0.3 is 0 Å². The summed E-state index contributed by atoms with van der Waals surface area (Å²) in [5.74, 6) is 1.94. The minimum absolute atomic E-state index is 0.463. The second-order valence-electron chi connectivity index (χ2n) is 5.36. The lowest BCUT2D eigenvalue weighted by Crippen LogP contribution is -1.89. The Morgan fingerprint density at radius 2 is 1.91 bits per heavy atom. The summed E-state index contributed by atoms with van der Waals surface area (Å²) in [6.45, 7) is 1.98. The van der Waals surface area contributed by atoms with Gasteiger partial charge in [-0.3, -0.25) is 0 Å². The van der Waals surface area contributed by atoms with E-state index in [-0.39, 0.29) is 0 Å². The van der Waals surface area contributed by atoms with Gasteiger partial charge < -0.3 is 9.09 Å². The molecule has 4 rings (SSSR count). The molecule has 0 bridgehead atoms. The van der Waals surface area contributed by atoms with Crippen molar-refractivity contribution in [3.05, 3.63) is 53.3 Å². The Morgan fingerprint density at radius 1 is 1.04 bits per heavy atom. The molecule has 5 nitrogen and oxygen atoms in total. The molecule has 0 fully saturated rings. The molecule has 0 N–H and O–H groups in total. The largest absolute Gasteiger partial charge is 0.334 e. The van der Waals surface area contributed by atoms with E-state index in [4.69, 9.17) is 16.1 Å². The van der Waals surface area contributed by atoms with Crippen LogP contribution >= 0.6 is 11.6 Å². The van der Waals surface area contributed by atoms with E-state index < -0.39 is 0 Å². The molecular weight excluding hydrogens is 312 g/mol. The van der Waals surface area contributed by atoms with Gasteiger partial charge in [-0.15, -0.1) is 0 Å². The van der Waals surface area contributed by atoms with Crippen LogP contribution < -0.4 is 0 Å². The Morgan fingerprint density at radius 3 is 2.74 bits per heavy atom. The molecule has 0 atom stereocenters. The summed E-state index contributed by atoms with van der Waals surface area (Å²) in [5.41, 5.74) is 3.64. The lowest BCUT2D eigenvalue weighted by atomic mass is 10.2. The zero-order chi connectivity index (χ0) is 16.0. The predicted molar refractivity (Wildman–Crippen MR) is 89.2 cm³/mol. The van der Waals surface area contributed by atoms with Gasteiger partial charge in [0.25, 0.3) is 5.89 Å². The van der Waals surface area contributed by atoms with Gasteiger partial charge in [0.05, 0.1) is 11.0 Å². The maximum Gasteiger partial charge on any atom is 0.258 e. The van der Waals surface area contributed by atoms with Crippen molar-refractivity contribution in [3.63, 3.8) is 0 Å². The van der Waals surface area contributed by atoms with Crippen molar-refractivity contribution in [2.45, 2.75) is 6.92 Å². The average molecular weight is 325 g/mol. The average Bonchev–Trinajstić information content (AvgIpc) is 3.13. The molecule has 0 aliphatic heterocycles. The summed E-state index contributed by atoms with van der Waals surface area (Å²) in [7, 11) is 1.99. The highest BCUT2D eigenvalue weighted by Gasteiger charge is 2.13. The Labute approximate surface area is 137 Å². The first kappa shape index (κ1) is 14.0. The number of hydrogen-bond acceptors (Lipinski definition) is 4. The Hall–Kier alpha value is -2.66. The van der Waals surface area contributed by atoms with E-state index in [1.165, 1.54) is 0 Å². The van der Waals surface area contributed by atoms with Gasteiger partial charge in [-0.25, -0.2) is 4.98 Å². The highest BCUT2D eigenvalue weighted by molar-refractivity contribution is 6.30. The summed E-state index contributed by atoms with van der Waals surface area (Å²) < 4.78 is 7.44. The highest BCUT2D eigenvalue weighted by Crippen LogP contribution is 2.26. The zero-order valence-electron chi connectivity index (χ0n) is 12.6. The maximum atomic E-state index is 6.00. The molecular formula is C17H13ClN4O. The minimum atomic E-state index is 0.463. The van der Waals surface area contributed by atoms with Crippen molar-refractivity contribution in [3.8, 4) is 22.8 Å². The molecule has 2 aromatic heterocycles. The van der Waals surface area contributed by atoms with Crippen molar-refractivity contribution < 1.29 is 4.52 Å². The molecule has 0 unspecified atom stereocenters. The number of imidazole rings is 1. The van der Waals surface area contributed by atoms with Crippen LogP contribution in [0.25, 0.3) is 33.9 Å². The van der Waals surface area contributed by atoms with Crippen LogP contribution in [0.15, 0.2) is 47.0 Å². The maximum absolute atomic E-state index is 6.00. The fourth-order valence-corrected chi connectivity index (χ4v) is 2.73. The van der Waals surface area contributed by atoms with Gasteiger partial charge in [0.1, 0.15) is 5.82 Å². The third-order valence-corrected chi connectivity index (χ3v) is 4.10. The first-order valence-electron chi connectivity index (χ1n) is 7.15. The Balaban J connectivity index is 1.77. The van der Waals surface area contributed by atoms with E-state index in [0.717, 1.165) is 28.0 Å². The van der Waals surface area contributed by atoms with Gasteiger partial charge in [-0.2, -0.15) is 4.98 Å². The molecule has 6 heteroatoms. The molecule has 0 spiro atoms. The standard InChI is InChI=1S/C17H13ClN4O/c1-10-19-14-9-12(6-7-15(14)22(10)2)17-20-16(21-23-17)11-4-3-5-13(18)8-11/h3-9H,1-2H3. The normalized spacial score (nSPS) is 11.3. The number of fused-ring (bicyclic) bond motifs is 1. The second kappa shape index (κ2) is 5.21. The second-order valence-corrected chi connectivity index (χ2v) is 5.79. The molecule has 0 radical (unpaired) electrons. The number of hydrogen-bond donors (Lipinski definition) is 0. The summed E-state index contributed by atoms with van der Waals surface area (Å²) in [5, 5.41) is 4.67. The van der Waals surface area contributed by atoms with Gasteiger partial charge in [0.15, 0.2) is 0 Å². The van der Waals surface area contributed by atoms with E-state index in [1.807, 2.05) is 61.0 Å². The smallest absolute Gasteiger partial charge is 0.258 e. The molecule has 0 saturated heterocycles. The van der Waals surface area contributed by atoms with E-state index >= 15 is 0 Å². The van der Waals surface area contributed by atoms with E-state index in [0.29, 0.717) is 16.7 Å². The molecule has 2 aromatic carbocycles. The molecule has 2 heterocycles. The van der Waals surface area contributed by atoms with Gasteiger partial charge in [-0.05, 0) is 37.3 Å². The van der Waals surface area contributed by atoms with Crippen molar-refractivity contribution in [1.29, 1.82) is 0 Å². The molecule has 0 aliphatic rings. The van der Waals surface area contributed by atoms with Crippen molar-refractivity contribution in [2.24, 2.45) is 7.05 Å². The Kier molecular flexibility index (Phi) is 3.16. The van der Waals surface area contributed by atoms with Crippen molar-refractivity contribution in [1.82, 2.24) is 19.7 Å². The van der Waals surface area contributed by atoms with E-state index in [9.17, 15) is 0 Å². The lowest BCUT2D eigenvalue weighted by Gasteiger charge is -1.97. The molecule has 4 aromatic rings. The van der Waals surface area contributed by atoms with E-state index in [2.05, 4.69) is 15.1 Å². The first-order valence-corrected chi connectivity index (χ1v) is 7.53. The number of benzene rings is 2. The van der Waals surface area contributed by atoms with Crippen molar-refractivity contribution >= 4 is 22.6 Å². The highest BCUT2D eigenvalue weighted by atomic mass is 35.5. The number of rotatable bonds is 2. The van der Waals surface area contributed by atoms with Crippen LogP contribution in [0.5, 0.6) is 0 Å². The van der Waals surface area contributed by atoms with Crippen LogP contribution in [0.2, 0.25) is 5.02 Å². The Bertz CT molecular complexity index is 1020. The number of halogens is 1. The zero-order valence-corrected chi connectivity index (χ0v) is 13.4. The van der Waals surface area contributed by atoms with Gasteiger partial charge in [0.2, 0.25) is 5.82 Å². The van der Waals surface area contributed by atoms with Crippen molar-refractivity contribution in [2.75, 3.05) is 0 Å². The van der Waals surface area contributed by atoms with Crippen LogP contribution in [0.4, 0.5) is 0 Å². The fourth-order valence-electron chi connectivity index (χ4n) is 2.54.